The van der Waals surface area contributed by atoms with E-state index in [1.54, 1.807) is 0 Å². The first-order valence-corrected chi connectivity index (χ1v) is 9.66. The molecule has 2 N–H and O–H groups in total. The highest BCUT2D eigenvalue weighted by Crippen LogP contribution is 2.20. The summed E-state index contributed by atoms with van der Waals surface area (Å²) in [5.41, 5.74) is 5.31. The maximum absolute atomic E-state index is 11.7. The number of hydrogen-bond acceptors (Lipinski definition) is 3. The fourth-order valence-corrected chi connectivity index (χ4v) is 3.77. The summed E-state index contributed by atoms with van der Waals surface area (Å²) in [6.45, 7) is 13.1. The summed E-state index contributed by atoms with van der Waals surface area (Å²) in [6, 6.07) is 1.09. The molecule has 0 aliphatic carbocycles. The molecule has 0 fully saturated rings. The van der Waals surface area contributed by atoms with Crippen molar-refractivity contribution >= 4 is 14.0 Å². The number of esters is 1. The van der Waals surface area contributed by atoms with E-state index in [0.717, 1.165) is 6.04 Å². The molecule has 0 aliphatic rings. The number of carbonyl (C=O) groups is 1. The molecule has 0 bridgehead atoms. The van der Waals surface area contributed by atoms with Gasteiger partial charge in [0.1, 0.15) is 5.60 Å². The van der Waals surface area contributed by atoms with Gasteiger partial charge in [-0.3, -0.25) is 4.79 Å². The molecule has 0 saturated carbocycles. The molecular weight excluding hydrogens is 218 g/mol. The van der Waals surface area contributed by atoms with E-state index in [2.05, 4.69) is 19.6 Å². The van der Waals surface area contributed by atoms with Crippen LogP contribution in [0.4, 0.5) is 0 Å². The van der Waals surface area contributed by atoms with Crippen LogP contribution in [0.25, 0.3) is 0 Å². The quantitative estimate of drug-likeness (QED) is 0.598. The summed E-state index contributed by atoms with van der Waals surface area (Å²) in [4.78, 5) is 11.7. The maximum Gasteiger partial charge on any atom is 0.306 e. The number of carbonyl (C=O) groups excluding carboxylic acids is 1. The Morgan fingerprint density at radius 2 is 1.81 bits per heavy atom. The fourth-order valence-electron chi connectivity index (χ4n) is 1.72. The van der Waals surface area contributed by atoms with Gasteiger partial charge >= 0.3 is 5.97 Å². The van der Waals surface area contributed by atoms with E-state index in [1.165, 1.54) is 0 Å². The van der Waals surface area contributed by atoms with Crippen molar-refractivity contribution in [2.45, 2.75) is 58.5 Å². The number of hydrogen-bond donors (Lipinski definition) is 1. The normalized spacial score (nSPS) is 14.7. The Morgan fingerprint density at radius 1 is 1.31 bits per heavy atom. The lowest BCUT2D eigenvalue weighted by Gasteiger charge is -2.25. The second-order valence-corrected chi connectivity index (χ2v) is 12.2. The minimum absolute atomic E-state index is 0.124. The van der Waals surface area contributed by atoms with Crippen LogP contribution in [0, 0.1) is 5.92 Å². The molecule has 0 aromatic rings. The molecule has 1 atom stereocenters. The van der Waals surface area contributed by atoms with Crippen molar-refractivity contribution in [2.75, 3.05) is 6.54 Å². The molecule has 3 nitrogen and oxygen atoms in total. The molecule has 0 heterocycles. The highest BCUT2D eigenvalue weighted by molar-refractivity contribution is 6.76. The molecule has 1 unspecified atom stereocenters. The van der Waals surface area contributed by atoms with Gasteiger partial charge in [0.25, 0.3) is 0 Å². The van der Waals surface area contributed by atoms with Gasteiger partial charge in [-0.15, -0.1) is 0 Å². The predicted octanol–water partition coefficient (Wildman–Crippen LogP) is 2.63. The Bertz CT molecular complexity index is 228. The minimum atomic E-state index is -1.15. The van der Waals surface area contributed by atoms with Crippen molar-refractivity contribution in [3.05, 3.63) is 0 Å². The molecule has 0 aromatic heterocycles. The van der Waals surface area contributed by atoms with E-state index in [-0.39, 0.29) is 11.9 Å². The summed E-state index contributed by atoms with van der Waals surface area (Å²) in [7, 11) is -1.15. The third kappa shape index (κ3) is 8.92. The van der Waals surface area contributed by atoms with Crippen molar-refractivity contribution in [1.29, 1.82) is 0 Å². The zero-order chi connectivity index (χ0) is 13.0. The van der Waals surface area contributed by atoms with E-state index in [9.17, 15) is 4.79 Å². The zero-order valence-corrected chi connectivity index (χ0v) is 12.6. The molecule has 0 rings (SSSR count). The summed E-state index contributed by atoms with van der Waals surface area (Å²) in [5, 5.41) is 0. The molecule has 0 amide bonds. The van der Waals surface area contributed by atoms with Crippen LogP contribution >= 0.6 is 0 Å². The molecule has 0 radical (unpaired) electrons. The van der Waals surface area contributed by atoms with Crippen molar-refractivity contribution in [1.82, 2.24) is 0 Å². The van der Waals surface area contributed by atoms with Gasteiger partial charge in [0.05, 0.1) is 0 Å². The zero-order valence-electron chi connectivity index (χ0n) is 11.6. The first kappa shape index (κ1) is 15.6. The number of rotatable bonds is 5. The van der Waals surface area contributed by atoms with Crippen molar-refractivity contribution in [2.24, 2.45) is 11.7 Å². The van der Waals surface area contributed by atoms with Crippen LogP contribution in [-0.4, -0.2) is 26.2 Å². The Balaban J connectivity index is 4.18. The predicted molar refractivity (Wildman–Crippen MR) is 71.2 cm³/mol. The van der Waals surface area contributed by atoms with Gasteiger partial charge in [0.2, 0.25) is 0 Å². The van der Waals surface area contributed by atoms with Gasteiger partial charge in [-0.2, -0.15) is 0 Å². The van der Waals surface area contributed by atoms with Crippen LogP contribution in [-0.2, 0) is 9.53 Å². The molecule has 96 valence electrons. The third-order valence-corrected chi connectivity index (χ3v) is 3.91. The van der Waals surface area contributed by atoms with E-state index in [1.807, 2.05) is 20.8 Å². The Morgan fingerprint density at radius 3 is 2.12 bits per heavy atom. The summed E-state index contributed by atoms with van der Waals surface area (Å²) >= 11 is 0. The second-order valence-electron chi connectivity index (χ2n) is 6.66. The average molecular weight is 245 g/mol. The van der Waals surface area contributed by atoms with Crippen LogP contribution in [0.1, 0.15) is 27.2 Å². The molecule has 0 saturated heterocycles. The molecule has 16 heavy (non-hydrogen) atoms. The fraction of sp³-hybridized carbons (Fsp3) is 0.917. The lowest BCUT2D eigenvalue weighted by atomic mass is 10.1. The van der Waals surface area contributed by atoms with Gasteiger partial charge in [-0.25, -0.2) is 0 Å². The van der Waals surface area contributed by atoms with E-state index in [0.29, 0.717) is 13.0 Å². The minimum Gasteiger partial charge on any atom is -0.460 e. The monoisotopic (exact) mass is 245 g/mol. The maximum atomic E-state index is 11.7. The lowest BCUT2D eigenvalue weighted by molar-refractivity contribution is -0.155. The largest absolute Gasteiger partial charge is 0.460 e. The Labute approximate surface area is 101 Å². The Hall–Kier alpha value is -0.353. The Kier molecular flexibility index (Phi) is 5.69. The lowest BCUT2D eigenvalue weighted by Crippen LogP contribution is -2.31. The number of nitrogens with two attached hydrogens (primary N) is 1. The van der Waals surface area contributed by atoms with Gasteiger partial charge in [-0.05, 0) is 33.2 Å². The summed E-state index contributed by atoms with van der Waals surface area (Å²) in [5.74, 6) is 0.155. The molecule has 0 aliphatic heterocycles. The van der Waals surface area contributed by atoms with Gasteiger partial charge in [0.15, 0.2) is 0 Å². The van der Waals surface area contributed by atoms with Crippen molar-refractivity contribution in [3.8, 4) is 0 Å². The van der Waals surface area contributed by atoms with Crippen molar-refractivity contribution in [3.63, 3.8) is 0 Å². The summed E-state index contributed by atoms with van der Waals surface area (Å²) in [6.07, 6.45) is 0.456. The standard InChI is InChI=1S/C12H27NO2Si/c1-12(2,3)15-11(14)7-10(8-13)9-16(4,5)6/h10H,7-9,13H2,1-6H3. The SMILES string of the molecule is CC(C)(C)OC(=O)CC(CN)C[Si](C)(C)C. The van der Waals surface area contributed by atoms with Crippen LogP contribution in [0.3, 0.4) is 0 Å². The molecule has 0 spiro atoms. The van der Waals surface area contributed by atoms with Gasteiger partial charge in [-0.1, -0.05) is 25.7 Å². The third-order valence-electron chi connectivity index (χ3n) is 2.11. The topological polar surface area (TPSA) is 52.3 Å². The van der Waals surface area contributed by atoms with E-state index < -0.39 is 13.7 Å². The van der Waals surface area contributed by atoms with Crippen LogP contribution in [0.15, 0.2) is 0 Å². The molecule has 4 heteroatoms. The van der Waals surface area contributed by atoms with Crippen LogP contribution < -0.4 is 5.73 Å². The van der Waals surface area contributed by atoms with Gasteiger partial charge in [0, 0.05) is 14.5 Å². The smallest absolute Gasteiger partial charge is 0.306 e. The average Bonchev–Trinajstić information content (AvgIpc) is 1.96. The first-order valence-electron chi connectivity index (χ1n) is 5.95. The number of ether oxygens (including phenoxy) is 1. The van der Waals surface area contributed by atoms with E-state index in [4.69, 9.17) is 10.5 Å². The van der Waals surface area contributed by atoms with Crippen LogP contribution in [0.5, 0.6) is 0 Å². The molecule has 0 aromatic carbocycles. The highest BCUT2D eigenvalue weighted by atomic mass is 28.3. The first-order chi connectivity index (χ1) is 7.03. The van der Waals surface area contributed by atoms with E-state index >= 15 is 0 Å². The van der Waals surface area contributed by atoms with Crippen molar-refractivity contribution < 1.29 is 9.53 Å². The molecular formula is C12H27NO2Si. The van der Waals surface area contributed by atoms with Gasteiger partial charge < -0.3 is 10.5 Å². The van der Waals surface area contributed by atoms with Crippen LogP contribution in [0.2, 0.25) is 25.7 Å². The summed E-state index contributed by atoms with van der Waals surface area (Å²) < 4.78 is 5.31. The highest BCUT2D eigenvalue weighted by Gasteiger charge is 2.24. The second kappa shape index (κ2) is 5.82.